The Hall–Kier alpha value is -0.0400. The van der Waals surface area contributed by atoms with E-state index in [4.69, 9.17) is 16.1 Å². The van der Waals surface area contributed by atoms with E-state index in [1.807, 2.05) is 27.7 Å². The Bertz CT molecular complexity index is 342. The Morgan fingerprint density at radius 3 is 2.50 bits per heavy atom. The van der Waals surface area contributed by atoms with E-state index in [1.54, 1.807) is 5.82 Å². The van der Waals surface area contributed by atoms with E-state index in [1.165, 1.54) is 0 Å². The Morgan fingerprint density at radius 1 is 1.50 bits per heavy atom. The number of hydrogen-bond acceptors (Lipinski definition) is 2. The van der Waals surface area contributed by atoms with Gasteiger partial charge in [-0.15, -0.1) is 0 Å². The summed E-state index contributed by atoms with van der Waals surface area (Å²) < 4.78 is 17.7. The van der Waals surface area contributed by atoms with Gasteiger partial charge in [0.1, 0.15) is 0 Å². The number of rotatable bonds is 2. The fourth-order valence-corrected chi connectivity index (χ4v) is 4.33. The predicted molar refractivity (Wildman–Crippen MR) is 61.0 cm³/mol. The molecule has 2 nitrogen and oxygen atoms in total. The molecule has 0 amide bonds. The van der Waals surface area contributed by atoms with Crippen LogP contribution in [0.15, 0.2) is 22.0 Å². The van der Waals surface area contributed by atoms with Gasteiger partial charge >= 0.3 is 0 Å². The monoisotopic (exact) mass is 234 g/mol. The number of hydrogen-bond donors (Lipinski definition) is 0. The Labute approximate surface area is 90.4 Å². The summed E-state index contributed by atoms with van der Waals surface area (Å²) in [6.07, 6.45) is 0.427. The largest absolute Gasteiger partial charge is 0.323 e. The number of allylic oxidation sites excluding steroid dienone is 3. The van der Waals surface area contributed by atoms with Gasteiger partial charge in [-0.05, 0) is 38.8 Å². The van der Waals surface area contributed by atoms with Gasteiger partial charge in [0, 0.05) is 10.8 Å². The van der Waals surface area contributed by atoms with E-state index in [0.29, 0.717) is 6.16 Å². The van der Waals surface area contributed by atoms with Gasteiger partial charge in [0.05, 0.1) is 12.3 Å². The average molecular weight is 235 g/mol. The summed E-state index contributed by atoms with van der Waals surface area (Å²) in [5, 5.41) is 0.726. The summed E-state index contributed by atoms with van der Waals surface area (Å²) >= 11 is 6.02. The van der Waals surface area contributed by atoms with Crippen molar-refractivity contribution >= 4 is 19.0 Å². The van der Waals surface area contributed by atoms with Gasteiger partial charge in [-0.3, -0.25) is 4.57 Å². The molecule has 0 fully saturated rings. The molecule has 0 aromatic heterocycles. The molecule has 0 radical (unpaired) electrons. The van der Waals surface area contributed by atoms with Crippen molar-refractivity contribution in [2.75, 3.05) is 6.16 Å². The molecule has 0 aromatic carbocycles. The molecule has 0 aliphatic carbocycles. The van der Waals surface area contributed by atoms with Crippen LogP contribution in [0, 0.1) is 0 Å². The van der Waals surface area contributed by atoms with Gasteiger partial charge in [0.15, 0.2) is 0 Å². The smallest absolute Gasteiger partial charge is 0.229 e. The highest BCUT2D eigenvalue weighted by molar-refractivity contribution is 7.62. The fraction of sp³-hybridized carbons (Fsp3) is 0.600. The topological polar surface area (TPSA) is 26.3 Å². The molecule has 0 bridgehead atoms. The highest BCUT2D eigenvalue weighted by Crippen LogP contribution is 2.55. The highest BCUT2D eigenvalue weighted by Gasteiger charge is 2.27. The van der Waals surface area contributed by atoms with E-state index in [-0.39, 0.29) is 6.10 Å². The minimum absolute atomic E-state index is 0.0189. The summed E-state index contributed by atoms with van der Waals surface area (Å²) in [5.41, 5.74) is 1.81. The van der Waals surface area contributed by atoms with Gasteiger partial charge in [0.25, 0.3) is 0 Å². The van der Waals surface area contributed by atoms with Crippen LogP contribution >= 0.6 is 19.0 Å². The maximum absolute atomic E-state index is 12.2. The van der Waals surface area contributed by atoms with Crippen molar-refractivity contribution in [1.82, 2.24) is 0 Å². The fourth-order valence-electron chi connectivity index (χ4n) is 1.56. The van der Waals surface area contributed by atoms with Crippen LogP contribution in [-0.4, -0.2) is 12.3 Å². The van der Waals surface area contributed by atoms with E-state index < -0.39 is 7.37 Å². The Balaban J connectivity index is 2.95. The molecule has 4 heteroatoms. The lowest BCUT2D eigenvalue weighted by atomic mass is 10.2. The van der Waals surface area contributed by atoms with Crippen LogP contribution in [0.1, 0.15) is 27.7 Å². The molecule has 1 unspecified atom stereocenters. The van der Waals surface area contributed by atoms with Crippen molar-refractivity contribution < 1.29 is 9.09 Å². The molecule has 0 N–H and O–H groups in total. The van der Waals surface area contributed by atoms with Crippen molar-refractivity contribution in [1.29, 1.82) is 0 Å². The first-order valence-corrected chi connectivity index (χ1v) is 6.92. The molecule has 1 aliphatic rings. The van der Waals surface area contributed by atoms with Crippen molar-refractivity contribution in [3.63, 3.8) is 0 Å². The lowest BCUT2D eigenvalue weighted by Gasteiger charge is -2.23. The summed E-state index contributed by atoms with van der Waals surface area (Å²) in [6.45, 7) is 7.53. The first-order valence-electron chi connectivity index (χ1n) is 4.66. The van der Waals surface area contributed by atoms with Crippen LogP contribution in [0.2, 0.25) is 0 Å². The zero-order valence-electron chi connectivity index (χ0n) is 9.00. The second kappa shape index (κ2) is 4.22. The van der Waals surface area contributed by atoms with Crippen molar-refractivity contribution in [3.8, 4) is 0 Å². The molecule has 1 atom stereocenters. The first-order chi connectivity index (χ1) is 6.34. The van der Waals surface area contributed by atoms with Crippen LogP contribution in [0.4, 0.5) is 0 Å². The third-order valence-electron chi connectivity index (χ3n) is 1.96. The van der Waals surface area contributed by atoms with E-state index >= 15 is 0 Å². The molecule has 0 saturated carbocycles. The standard InChI is InChI=1S/C10H16ClO2P/c1-7(2)13-14(12)5-8(3)10(11)9(4)6-14/h5,7H,6H2,1-4H3. The molecular formula is C10H16ClO2P. The third-order valence-corrected chi connectivity index (χ3v) is 5.05. The highest BCUT2D eigenvalue weighted by atomic mass is 35.5. The van der Waals surface area contributed by atoms with Crippen LogP contribution in [0.5, 0.6) is 0 Å². The molecule has 14 heavy (non-hydrogen) atoms. The predicted octanol–water partition coefficient (Wildman–Crippen LogP) is 4.12. The third kappa shape index (κ3) is 2.73. The Kier molecular flexibility index (Phi) is 3.63. The summed E-state index contributed by atoms with van der Waals surface area (Å²) in [4.78, 5) is 0. The van der Waals surface area contributed by atoms with Crippen LogP contribution in [0.25, 0.3) is 0 Å². The second-order valence-electron chi connectivity index (χ2n) is 3.94. The molecular weight excluding hydrogens is 219 g/mol. The maximum Gasteiger partial charge on any atom is 0.229 e. The van der Waals surface area contributed by atoms with Gasteiger partial charge < -0.3 is 4.52 Å². The van der Waals surface area contributed by atoms with Crippen molar-refractivity contribution in [2.45, 2.75) is 33.8 Å². The van der Waals surface area contributed by atoms with Gasteiger partial charge in [0.2, 0.25) is 7.37 Å². The van der Waals surface area contributed by atoms with Crippen molar-refractivity contribution in [3.05, 3.63) is 22.0 Å². The van der Waals surface area contributed by atoms with Crippen LogP contribution in [0.3, 0.4) is 0 Å². The zero-order valence-corrected chi connectivity index (χ0v) is 10.7. The normalized spacial score (nSPS) is 28.3. The summed E-state index contributed by atoms with van der Waals surface area (Å²) in [5.74, 6) is 1.68. The zero-order chi connectivity index (χ0) is 10.9. The van der Waals surface area contributed by atoms with Gasteiger partial charge in [-0.25, -0.2) is 0 Å². The average Bonchev–Trinajstić information content (AvgIpc) is 1.97. The molecule has 0 saturated heterocycles. The first kappa shape index (κ1) is 12.0. The lowest BCUT2D eigenvalue weighted by Crippen LogP contribution is -2.06. The molecule has 80 valence electrons. The summed E-state index contributed by atoms with van der Waals surface area (Å²) in [7, 11) is -2.62. The van der Waals surface area contributed by atoms with E-state index in [2.05, 4.69) is 0 Å². The molecule has 0 spiro atoms. The van der Waals surface area contributed by atoms with Crippen LogP contribution in [-0.2, 0) is 9.09 Å². The number of halogens is 1. The molecule has 1 aliphatic heterocycles. The van der Waals surface area contributed by atoms with Crippen molar-refractivity contribution in [2.24, 2.45) is 0 Å². The van der Waals surface area contributed by atoms with Gasteiger partial charge in [-0.2, -0.15) is 0 Å². The molecule has 1 rings (SSSR count). The molecule has 1 heterocycles. The minimum atomic E-state index is -2.62. The molecule has 0 aromatic rings. The van der Waals surface area contributed by atoms with E-state index in [0.717, 1.165) is 16.2 Å². The lowest BCUT2D eigenvalue weighted by molar-refractivity contribution is 0.249. The maximum atomic E-state index is 12.2. The minimum Gasteiger partial charge on any atom is -0.323 e. The second-order valence-corrected chi connectivity index (χ2v) is 6.56. The summed E-state index contributed by atoms with van der Waals surface area (Å²) in [6, 6.07) is 0. The van der Waals surface area contributed by atoms with Gasteiger partial charge in [-0.1, -0.05) is 11.6 Å². The van der Waals surface area contributed by atoms with E-state index in [9.17, 15) is 4.57 Å². The Morgan fingerprint density at radius 2 is 2.07 bits per heavy atom. The van der Waals surface area contributed by atoms with Crippen LogP contribution < -0.4 is 0 Å². The SMILES string of the molecule is CC1=CP(=O)(OC(C)C)CC(C)=C1Cl. The quantitative estimate of drug-likeness (QED) is 0.672.